The van der Waals surface area contributed by atoms with E-state index in [2.05, 4.69) is 20.9 Å². The van der Waals surface area contributed by atoms with Gasteiger partial charge in [0.05, 0.1) is 5.56 Å². The van der Waals surface area contributed by atoms with Gasteiger partial charge in [0.25, 0.3) is 5.91 Å². The SMILES string of the molecule is CC(C(=O)NCc1ccc(NC(=O)c2cccnc2)cc1)C1CNC1. The first-order chi connectivity index (χ1) is 12.1. The number of rotatable bonds is 6. The number of pyridine rings is 1. The minimum atomic E-state index is -0.197. The van der Waals surface area contributed by atoms with Gasteiger partial charge in [0, 0.05) is 30.5 Å². The molecule has 1 saturated heterocycles. The lowest BCUT2D eigenvalue weighted by atomic mass is 9.88. The third-order valence-electron chi connectivity index (χ3n) is 4.54. The summed E-state index contributed by atoms with van der Waals surface area (Å²) < 4.78 is 0. The molecule has 1 aromatic heterocycles. The van der Waals surface area contributed by atoms with E-state index in [9.17, 15) is 9.59 Å². The highest BCUT2D eigenvalue weighted by Crippen LogP contribution is 2.16. The number of carbonyl (C=O) groups is 2. The smallest absolute Gasteiger partial charge is 0.257 e. The van der Waals surface area contributed by atoms with E-state index in [0.717, 1.165) is 18.7 Å². The van der Waals surface area contributed by atoms with Crippen LogP contribution in [-0.4, -0.2) is 29.9 Å². The van der Waals surface area contributed by atoms with Crippen LogP contribution in [0.2, 0.25) is 0 Å². The van der Waals surface area contributed by atoms with E-state index in [1.165, 1.54) is 6.20 Å². The van der Waals surface area contributed by atoms with Gasteiger partial charge in [-0.25, -0.2) is 0 Å². The molecule has 1 unspecified atom stereocenters. The molecule has 3 N–H and O–H groups in total. The van der Waals surface area contributed by atoms with E-state index in [1.807, 2.05) is 31.2 Å². The number of nitrogens with zero attached hydrogens (tertiary/aromatic N) is 1. The van der Waals surface area contributed by atoms with Crippen LogP contribution in [0.25, 0.3) is 0 Å². The summed E-state index contributed by atoms with van der Waals surface area (Å²) >= 11 is 0. The fourth-order valence-corrected chi connectivity index (χ4v) is 2.64. The molecule has 1 aromatic carbocycles. The summed E-state index contributed by atoms with van der Waals surface area (Å²) in [6.45, 7) is 4.29. The Hall–Kier alpha value is -2.73. The summed E-state index contributed by atoms with van der Waals surface area (Å²) in [6, 6.07) is 10.9. The van der Waals surface area contributed by atoms with Crippen molar-refractivity contribution in [1.29, 1.82) is 0 Å². The molecule has 1 fully saturated rings. The first kappa shape index (κ1) is 17.1. The summed E-state index contributed by atoms with van der Waals surface area (Å²) in [5.41, 5.74) is 2.21. The van der Waals surface area contributed by atoms with E-state index >= 15 is 0 Å². The Kier molecular flexibility index (Phi) is 5.40. The minimum absolute atomic E-state index is 0.0271. The van der Waals surface area contributed by atoms with Crippen molar-refractivity contribution in [1.82, 2.24) is 15.6 Å². The molecule has 3 rings (SSSR count). The Balaban J connectivity index is 1.50. The van der Waals surface area contributed by atoms with Gasteiger partial charge < -0.3 is 16.0 Å². The third kappa shape index (κ3) is 4.42. The molecule has 0 spiro atoms. The quantitative estimate of drug-likeness (QED) is 0.750. The summed E-state index contributed by atoms with van der Waals surface area (Å²) in [5.74, 6) is 0.349. The zero-order valence-electron chi connectivity index (χ0n) is 14.2. The molecule has 2 heterocycles. The van der Waals surface area contributed by atoms with Gasteiger partial charge in [-0.1, -0.05) is 19.1 Å². The summed E-state index contributed by atoms with van der Waals surface area (Å²) in [4.78, 5) is 28.1. The average molecular weight is 338 g/mol. The van der Waals surface area contributed by atoms with Crippen LogP contribution in [-0.2, 0) is 11.3 Å². The first-order valence-corrected chi connectivity index (χ1v) is 8.42. The Labute approximate surface area is 147 Å². The van der Waals surface area contributed by atoms with Crippen LogP contribution in [0, 0.1) is 11.8 Å². The Morgan fingerprint density at radius 1 is 1.24 bits per heavy atom. The highest BCUT2D eigenvalue weighted by Gasteiger charge is 2.28. The topological polar surface area (TPSA) is 83.1 Å². The number of aromatic nitrogens is 1. The summed E-state index contributed by atoms with van der Waals surface area (Å²) in [7, 11) is 0. The largest absolute Gasteiger partial charge is 0.352 e. The number of benzene rings is 1. The number of anilines is 1. The molecule has 1 atom stereocenters. The van der Waals surface area contributed by atoms with Crippen molar-refractivity contribution in [2.45, 2.75) is 13.5 Å². The van der Waals surface area contributed by atoms with E-state index < -0.39 is 0 Å². The van der Waals surface area contributed by atoms with Crippen molar-refractivity contribution in [2.24, 2.45) is 11.8 Å². The van der Waals surface area contributed by atoms with Gasteiger partial charge in [-0.3, -0.25) is 14.6 Å². The molecule has 2 aromatic rings. The fourth-order valence-electron chi connectivity index (χ4n) is 2.64. The molecule has 0 radical (unpaired) electrons. The van der Waals surface area contributed by atoms with Crippen molar-refractivity contribution in [3.63, 3.8) is 0 Å². The lowest BCUT2D eigenvalue weighted by Gasteiger charge is -2.31. The number of carbonyl (C=O) groups excluding carboxylic acids is 2. The minimum Gasteiger partial charge on any atom is -0.352 e. The van der Waals surface area contributed by atoms with Gasteiger partial charge in [-0.2, -0.15) is 0 Å². The number of hydrogen-bond acceptors (Lipinski definition) is 4. The molecular formula is C19H22N4O2. The van der Waals surface area contributed by atoms with Crippen LogP contribution in [0.1, 0.15) is 22.8 Å². The second-order valence-electron chi connectivity index (χ2n) is 6.32. The zero-order chi connectivity index (χ0) is 17.6. The molecule has 0 bridgehead atoms. The summed E-state index contributed by atoms with van der Waals surface area (Å²) in [5, 5.41) is 8.98. The maximum absolute atomic E-state index is 12.1. The van der Waals surface area contributed by atoms with Crippen LogP contribution in [0.5, 0.6) is 0 Å². The van der Waals surface area contributed by atoms with Gasteiger partial charge in [0.2, 0.25) is 5.91 Å². The van der Waals surface area contributed by atoms with Crippen molar-refractivity contribution >= 4 is 17.5 Å². The zero-order valence-corrected chi connectivity index (χ0v) is 14.2. The molecule has 6 heteroatoms. The van der Waals surface area contributed by atoms with Crippen LogP contribution in [0.3, 0.4) is 0 Å². The highest BCUT2D eigenvalue weighted by atomic mass is 16.2. The van der Waals surface area contributed by atoms with E-state index in [4.69, 9.17) is 0 Å². The van der Waals surface area contributed by atoms with Gasteiger partial charge >= 0.3 is 0 Å². The molecule has 25 heavy (non-hydrogen) atoms. The fraction of sp³-hybridized carbons (Fsp3) is 0.316. The molecule has 2 amide bonds. The Morgan fingerprint density at radius 2 is 2.00 bits per heavy atom. The average Bonchev–Trinajstić information content (AvgIpc) is 2.60. The molecule has 6 nitrogen and oxygen atoms in total. The normalized spacial score (nSPS) is 15.1. The molecule has 0 saturated carbocycles. The van der Waals surface area contributed by atoms with E-state index in [-0.39, 0.29) is 17.7 Å². The number of hydrogen-bond donors (Lipinski definition) is 3. The van der Waals surface area contributed by atoms with Crippen LogP contribution < -0.4 is 16.0 Å². The predicted octanol–water partition coefficient (Wildman–Crippen LogP) is 1.81. The second kappa shape index (κ2) is 7.90. The number of nitrogens with one attached hydrogen (secondary N) is 3. The van der Waals surface area contributed by atoms with Crippen LogP contribution in [0.4, 0.5) is 5.69 Å². The van der Waals surface area contributed by atoms with Crippen LogP contribution in [0.15, 0.2) is 48.8 Å². The van der Waals surface area contributed by atoms with Crippen molar-refractivity contribution < 1.29 is 9.59 Å². The first-order valence-electron chi connectivity index (χ1n) is 8.42. The second-order valence-corrected chi connectivity index (χ2v) is 6.32. The van der Waals surface area contributed by atoms with Crippen LogP contribution >= 0.6 is 0 Å². The van der Waals surface area contributed by atoms with Gasteiger partial charge in [0.15, 0.2) is 0 Å². The third-order valence-corrected chi connectivity index (χ3v) is 4.54. The summed E-state index contributed by atoms with van der Waals surface area (Å²) in [6.07, 6.45) is 3.15. The monoisotopic (exact) mass is 338 g/mol. The van der Waals surface area contributed by atoms with Gasteiger partial charge in [-0.15, -0.1) is 0 Å². The molecule has 1 aliphatic rings. The predicted molar refractivity (Wildman–Crippen MR) is 96.0 cm³/mol. The highest BCUT2D eigenvalue weighted by molar-refractivity contribution is 6.04. The van der Waals surface area contributed by atoms with Crippen molar-refractivity contribution in [2.75, 3.05) is 18.4 Å². The van der Waals surface area contributed by atoms with Crippen molar-refractivity contribution in [3.8, 4) is 0 Å². The standard InChI is InChI=1S/C19H22N4O2/c1-13(16-11-21-12-16)18(24)22-9-14-4-6-17(7-5-14)23-19(25)15-3-2-8-20-10-15/h2-8,10,13,16,21H,9,11-12H2,1H3,(H,22,24)(H,23,25). The Morgan fingerprint density at radius 3 is 2.60 bits per heavy atom. The number of amides is 2. The van der Waals surface area contributed by atoms with E-state index in [0.29, 0.717) is 23.7 Å². The van der Waals surface area contributed by atoms with Gasteiger partial charge in [-0.05, 0) is 48.8 Å². The molecule has 130 valence electrons. The van der Waals surface area contributed by atoms with Gasteiger partial charge in [0.1, 0.15) is 0 Å². The lowest BCUT2D eigenvalue weighted by Crippen LogP contribution is -2.49. The molecule has 0 aliphatic carbocycles. The maximum atomic E-state index is 12.1. The molecule has 1 aliphatic heterocycles. The Bertz CT molecular complexity index is 727. The van der Waals surface area contributed by atoms with E-state index in [1.54, 1.807) is 18.3 Å². The molecular weight excluding hydrogens is 316 g/mol. The maximum Gasteiger partial charge on any atom is 0.257 e. The van der Waals surface area contributed by atoms with Crippen molar-refractivity contribution in [3.05, 3.63) is 59.9 Å². The lowest BCUT2D eigenvalue weighted by molar-refractivity contribution is -0.126.